The highest BCUT2D eigenvalue weighted by molar-refractivity contribution is 7.17. The summed E-state index contributed by atoms with van der Waals surface area (Å²) in [5, 5.41) is 21.9. The number of nitrogens with zero attached hydrogens (tertiary/aromatic N) is 8. The molecule has 0 unspecified atom stereocenters. The number of likely N-dealkylation sites (N-methyl/N-ethyl adjacent to an activating group) is 2. The van der Waals surface area contributed by atoms with Crippen LogP contribution in [0.4, 0.5) is 10.3 Å². The number of thiazole rings is 2. The molecule has 8 aromatic rings. The summed E-state index contributed by atoms with van der Waals surface area (Å²) in [5.41, 5.74) is 8.25. The summed E-state index contributed by atoms with van der Waals surface area (Å²) in [4.78, 5) is 77.4. The fourth-order valence-corrected chi connectivity index (χ4v) is 11.4. The zero-order valence-electron chi connectivity index (χ0n) is 39.5. The van der Waals surface area contributed by atoms with E-state index in [0.29, 0.717) is 50.1 Å². The molecule has 360 valence electrons. The number of pyridine rings is 2. The van der Waals surface area contributed by atoms with Crippen LogP contribution in [0.5, 0.6) is 0 Å². The maximum Gasteiger partial charge on any atom is 0.271 e. The summed E-state index contributed by atoms with van der Waals surface area (Å²) >= 11 is 4.52. The molecular formula is C52H50N12O4S3. The SMILES string of the molecule is CN(C)[C@H]1CCc2nc(NC(=O)c3cccc(CNC(=O)c4cn5ccc(C#N)cc5n4)c3)sc2C1.Cc1ccncc1-c1ccc(C(=O)NCc2cccc(C(=O)Nc3nc4c(s3)CN(C)CC4)c2)s1. The monoisotopic (exact) mass is 1000 g/mol. The van der Waals surface area contributed by atoms with Gasteiger partial charge in [-0.3, -0.25) is 34.8 Å². The van der Waals surface area contributed by atoms with Gasteiger partial charge in [0.05, 0.1) is 27.9 Å². The van der Waals surface area contributed by atoms with E-state index in [0.717, 1.165) is 77.3 Å². The molecule has 10 rings (SSSR count). The second-order valence-corrected chi connectivity index (χ2v) is 20.8. The third-order valence-electron chi connectivity index (χ3n) is 12.2. The van der Waals surface area contributed by atoms with E-state index in [4.69, 9.17) is 5.26 Å². The molecule has 2 aromatic carbocycles. The highest BCUT2D eigenvalue weighted by atomic mass is 32.1. The Balaban J connectivity index is 0.000000176. The van der Waals surface area contributed by atoms with E-state index in [1.54, 1.807) is 76.8 Å². The molecule has 1 aliphatic heterocycles. The minimum Gasteiger partial charge on any atom is -0.347 e. The number of benzene rings is 2. The van der Waals surface area contributed by atoms with Crippen molar-refractivity contribution in [3.63, 3.8) is 0 Å². The molecule has 0 spiro atoms. The van der Waals surface area contributed by atoms with Crippen LogP contribution in [0.1, 0.15) is 90.7 Å². The van der Waals surface area contributed by atoms with Gasteiger partial charge in [-0.05, 0) is 119 Å². The number of imidazole rings is 1. The van der Waals surface area contributed by atoms with E-state index in [-0.39, 0.29) is 35.9 Å². The maximum atomic E-state index is 12.9. The van der Waals surface area contributed by atoms with E-state index in [2.05, 4.69) is 78.2 Å². The molecule has 4 amide bonds. The van der Waals surface area contributed by atoms with Crippen molar-refractivity contribution in [1.29, 1.82) is 5.26 Å². The molecule has 19 heteroatoms. The first-order chi connectivity index (χ1) is 34.3. The second-order valence-electron chi connectivity index (χ2n) is 17.6. The van der Waals surface area contributed by atoms with E-state index >= 15 is 0 Å². The van der Waals surface area contributed by atoms with Gasteiger partial charge in [-0.2, -0.15) is 5.26 Å². The van der Waals surface area contributed by atoms with Gasteiger partial charge in [-0.15, -0.1) is 34.0 Å². The summed E-state index contributed by atoms with van der Waals surface area (Å²) in [6, 6.07) is 26.0. The number of carbonyl (C=O) groups is 4. The fourth-order valence-electron chi connectivity index (χ4n) is 8.24. The second kappa shape index (κ2) is 21.7. The predicted octanol–water partition coefficient (Wildman–Crippen LogP) is 8.01. The number of amides is 4. The molecule has 0 radical (unpaired) electrons. The van der Waals surface area contributed by atoms with Crippen molar-refractivity contribution in [2.75, 3.05) is 38.3 Å². The highest BCUT2D eigenvalue weighted by Gasteiger charge is 2.25. The van der Waals surface area contributed by atoms with Crippen molar-refractivity contribution in [1.82, 2.24) is 44.8 Å². The molecular weight excluding hydrogens is 953 g/mol. The Morgan fingerprint density at radius 3 is 2.14 bits per heavy atom. The van der Waals surface area contributed by atoms with Gasteiger partial charge in [0.15, 0.2) is 10.3 Å². The molecule has 71 heavy (non-hydrogen) atoms. The number of hydrogen-bond acceptors (Lipinski definition) is 14. The van der Waals surface area contributed by atoms with Crippen molar-refractivity contribution in [3.05, 3.63) is 169 Å². The van der Waals surface area contributed by atoms with Gasteiger partial charge in [-0.25, -0.2) is 15.0 Å². The Morgan fingerprint density at radius 2 is 1.46 bits per heavy atom. The summed E-state index contributed by atoms with van der Waals surface area (Å²) in [5.74, 6) is -0.910. The highest BCUT2D eigenvalue weighted by Crippen LogP contribution is 2.33. The fraction of sp³-hybridized carbons (Fsp3) is 0.250. The summed E-state index contributed by atoms with van der Waals surface area (Å²) in [7, 11) is 6.28. The topological polar surface area (TPSA) is 203 Å². The first-order valence-corrected chi connectivity index (χ1v) is 25.4. The largest absolute Gasteiger partial charge is 0.347 e. The van der Waals surface area contributed by atoms with Crippen molar-refractivity contribution in [2.24, 2.45) is 0 Å². The number of fused-ring (bicyclic) bond motifs is 3. The van der Waals surface area contributed by atoms with Crippen LogP contribution >= 0.6 is 34.0 Å². The van der Waals surface area contributed by atoms with Gasteiger partial charge >= 0.3 is 0 Å². The first kappa shape index (κ1) is 48.5. The molecule has 0 saturated heterocycles. The van der Waals surface area contributed by atoms with Crippen LogP contribution in [0.25, 0.3) is 16.1 Å². The van der Waals surface area contributed by atoms with E-state index in [1.807, 2.05) is 49.5 Å². The number of aryl methyl sites for hydroxylation is 2. The number of nitriles is 1. The van der Waals surface area contributed by atoms with Crippen LogP contribution in [0.2, 0.25) is 0 Å². The lowest BCUT2D eigenvalue weighted by atomic mass is 9.97. The molecule has 0 saturated carbocycles. The van der Waals surface area contributed by atoms with E-state index in [1.165, 1.54) is 32.4 Å². The summed E-state index contributed by atoms with van der Waals surface area (Å²) in [6.07, 6.45) is 10.7. The molecule has 2 aliphatic rings. The van der Waals surface area contributed by atoms with Crippen LogP contribution in [0.15, 0.2) is 104 Å². The average Bonchev–Trinajstić information content (AvgIpc) is 4.21. The van der Waals surface area contributed by atoms with Crippen LogP contribution in [-0.4, -0.2) is 91.5 Å². The van der Waals surface area contributed by atoms with Crippen LogP contribution in [0, 0.1) is 18.3 Å². The number of carbonyl (C=O) groups excluding carboxylic acids is 4. The number of nitrogens with one attached hydrogen (secondary N) is 4. The molecule has 0 fully saturated rings. The Hall–Kier alpha value is -7.47. The number of thiophene rings is 1. The number of anilines is 2. The van der Waals surface area contributed by atoms with Crippen molar-refractivity contribution in [2.45, 2.75) is 58.3 Å². The van der Waals surface area contributed by atoms with Gasteiger partial charge in [0.1, 0.15) is 11.3 Å². The molecule has 1 atom stereocenters. The van der Waals surface area contributed by atoms with Crippen LogP contribution < -0.4 is 21.3 Å². The van der Waals surface area contributed by atoms with E-state index < -0.39 is 0 Å². The molecule has 6 aromatic heterocycles. The van der Waals surface area contributed by atoms with Crippen molar-refractivity contribution in [3.8, 4) is 16.5 Å². The van der Waals surface area contributed by atoms with E-state index in [9.17, 15) is 19.2 Å². The average molecular weight is 1000 g/mol. The Labute approximate surface area is 422 Å². The Morgan fingerprint density at radius 1 is 0.789 bits per heavy atom. The van der Waals surface area contributed by atoms with Gasteiger partial charge < -0.3 is 24.8 Å². The van der Waals surface area contributed by atoms with Crippen molar-refractivity contribution >= 4 is 73.5 Å². The third-order valence-corrected chi connectivity index (χ3v) is 15.4. The molecule has 0 bridgehead atoms. The lowest BCUT2D eigenvalue weighted by molar-refractivity contribution is 0.0941. The van der Waals surface area contributed by atoms with Crippen molar-refractivity contribution < 1.29 is 19.2 Å². The maximum absolute atomic E-state index is 12.9. The van der Waals surface area contributed by atoms with Gasteiger partial charge in [-0.1, -0.05) is 24.3 Å². The standard InChI is InChI=1S/C26H25N7O2S.C26H25N5O2S2/c1-32(2)19-6-7-20-22(12-19)36-26(30-20)31-24(34)18-5-3-4-17(10-18)14-28-25(35)21-15-33-9-8-16(13-27)11-23(33)29-21;1-16-8-10-27-14-19(16)21-6-7-22(34-21)25(33)28-13-17-4-3-5-18(12-17)24(32)30-26-29-20-9-11-31(2)15-23(20)35-26/h3-5,8-11,15,19H,6-7,12,14H2,1-2H3,(H,28,35)(H,30,31,34);3-8,10,12,14H,9,11,13,15H2,1-2H3,(H,28,33)(H,29,30,32)/t19-;/m0./s1. The molecule has 16 nitrogen and oxygen atoms in total. The lowest BCUT2D eigenvalue weighted by Gasteiger charge is -2.27. The summed E-state index contributed by atoms with van der Waals surface area (Å²) < 4.78 is 1.69. The molecule has 1 aliphatic carbocycles. The van der Waals surface area contributed by atoms with Gasteiger partial charge in [0, 0.05) is 94.8 Å². The Bertz CT molecular complexity index is 3330. The van der Waals surface area contributed by atoms with Gasteiger partial charge in [0.2, 0.25) is 0 Å². The number of hydrogen-bond donors (Lipinski definition) is 4. The quantitative estimate of drug-likeness (QED) is 0.0924. The Kier molecular flexibility index (Phi) is 14.8. The van der Waals surface area contributed by atoms with Crippen LogP contribution in [-0.2, 0) is 38.9 Å². The normalized spacial score (nSPS) is 14.1. The number of aromatic nitrogens is 5. The summed E-state index contributed by atoms with van der Waals surface area (Å²) in [6.45, 7) is 4.45. The first-order valence-electron chi connectivity index (χ1n) is 22.9. The van der Waals surface area contributed by atoms with Gasteiger partial charge in [0.25, 0.3) is 23.6 Å². The zero-order valence-corrected chi connectivity index (χ0v) is 41.9. The zero-order chi connectivity index (χ0) is 49.6. The smallest absolute Gasteiger partial charge is 0.271 e. The molecule has 7 heterocycles. The minimum atomic E-state index is -0.337. The minimum absolute atomic E-state index is 0.143. The third kappa shape index (κ3) is 11.8. The number of rotatable bonds is 12. The van der Waals surface area contributed by atoms with Crippen LogP contribution in [0.3, 0.4) is 0 Å². The predicted molar refractivity (Wildman–Crippen MR) is 277 cm³/mol. The molecule has 4 N–H and O–H groups in total. The lowest BCUT2D eigenvalue weighted by Crippen LogP contribution is -2.32.